The normalized spacial score (nSPS) is 10.3. The van der Waals surface area contributed by atoms with Crippen LogP contribution in [0.5, 0.6) is 0 Å². The third-order valence-electron chi connectivity index (χ3n) is 3.55. The number of amides is 1. The van der Waals surface area contributed by atoms with Crippen molar-refractivity contribution in [3.05, 3.63) is 48.2 Å². The smallest absolute Gasteiger partial charge is 0.272 e. The van der Waals surface area contributed by atoms with Crippen LogP contribution in [-0.4, -0.2) is 45.9 Å². The van der Waals surface area contributed by atoms with Crippen LogP contribution in [0.15, 0.2) is 36.9 Å². The molecule has 0 radical (unpaired) electrons. The molecule has 0 saturated heterocycles. The van der Waals surface area contributed by atoms with Crippen molar-refractivity contribution < 1.29 is 4.79 Å². The third kappa shape index (κ3) is 5.32. The minimum atomic E-state index is -0.0972. The quantitative estimate of drug-likeness (QED) is 0.758. The van der Waals surface area contributed by atoms with E-state index in [1.165, 1.54) is 6.33 Å². The highest BCUT2D eigenvalue weighted by Gasteiger charge is 2.14. The second kappa shape index (κ2) is 8.82. The molecule has 0 saturated carbocycles. The van der Waals surface area contributed by atoms with Crippen LogP contribution in [0.3, 0.4) is 0 Å². The first-order chi connectivity index (χ1) is 11.2. The van der Waals surface area contributed by atoms with E-state index in [-0.39, 0.29) is 5.91 Å². The van der Waals surface area contributed by atoms with E-state index in [0.717, 1.165) is 31.4 Å². The number of anilines is 1. The molecule has 2 aromatic rings. The number of hydrogen-bond donors (Lipinski definition) is 1. The standard InChI is InChI=1S/C17H23N5O/c1-3-4-8-19-16-12-15(20-13-21-16)17(23)22(2)11-7-14-5-9-18-10-6-14/h5-6,9-10,12-13H,3-4,7-8,11H2,1-2H3,(H,19,20,21). The van der Waals surface area contributed by atoms with Crippen molar-refractivity contribution in [3.63, 3.8) is 0 Å². The van der Waals surface area contributed by atoms with Crippen molar-refractivity contribution in [2.75, 3.05) is 25.5 Å². The molecule has 0 bridgehead atoms. The molecule has 6 nitrogen and oxygen atoms in total. The molecular formula is C17H23N5O. The fourth-order valence-corrected chi connectivity index (χ4v) is 2.11. The molecule has 0 aliphatic rings. The summed E-state index contributed by atoms with van der Waals surface area (Å²) in [6, 6.07) is 5.62. The zero-order valence-corrected chi connectivity index (χ0v) is 13.7. The Balaban J connectivity index is 1.92. The molecule has 0 aromatic carbocycles. The molecule has 1 N–H and O–H groups in total. The molecule has 0 spiro atoms. The summed E-state index contributed by atoms with van der Waals surface area (Å²) in [4.78, 5) is 26.4. The molecule has 122 valence electrons. The predicted molar refractivity (Wildman–Crippen MR) is 90.3 cm³/mol. The lowest BCUT2D eigenvalue weighted by atomic mass is 10.2. The van der Waals surface area contributed by atoms with Gasteiger partial charge >= 0.3 is 0 Å². The molecule has 0 aliphatic heterocycles. The monoisotopic (exact) mass is 313 g/mol. The van der Waals surface area contributed by atoms with Gasteiger partial charge in [0.05, 0.1) is 0 Å². The SMILES string of the molecule is CCCCNc1cc(C(=O)N(C)CCc2ccncc2)ncn1. The average Bonchev–Trinajstić information content (AvgIpc) is 2.60. The van der Waals surface area contributed by atoms with Gasteiger partial charge in [-0.25, -0.2) is 9.97 Å². The summed E-state index contributed by atoms with van der Waals surface area (Å²) in [5.41, 5.74) is 1.57. The summed E-state index contributed by atoms with van der Waals surface area (Å²) in [7, 11) is 1.79. The maximum Gasteiger partial charge on any atom is 0.272 e. The van der Waals surface area contributed by atoms with Crippen molar-refractivity contribution in [2.24, 2.45) is 0 Å². The fourth-order valence-electron chi connectivity index (χ4n) is 2.11. The Morgan fingerprint density at radius 3 is 2.78 bits per heavy atom. The van der Waals surface area contributed by atoms with Gasteiger partial charge in [-0.1, -0.05) is 13.3 Å². The summed E-state index contributed by atoms with van der Waals surface area (Å²) < 4.78 is 0. The maximum atomic E-state index is 12.4. The molecule has 1 amide bonds. The summed E-state index contributed by atoms with van der Waals surface area (Å²) in [6.45, 7) is 3.61. The van der Waals surface area contributed by atoms with Crippen LogP contribution in [-0.2, 0) is 6.42 Å². The number of pyridine rings is 1. The largest absolute Gasteiger partial charge is 0.370 e. The van der Waals surface area contributed by atoms with E-state index >= 15 is 0 Å². The number of aromatic nitrogens is 3. The van der Waals surface area contributed by atoms with E-state index in [1.807, 2.05) is 12.1 Å². The average molecular weight is 313 g/mol. The minimum Gasteiger partial charge on any atom is -0.370 e. The highest BCUT2D eigenvalue weighted by Crippen LogP contribution is 2.08. The van der Waals surface area contributed by atoms with Crippen molar-refractivity contribution in [1.82, 2.24) is 19.9 Å². The first-order valence-electron chi connectivity index (χ1n) is 7.91. The number of rotatable bonds is 8. The Kier molecular flexibility index (Phi) is 6.47. The molecule has 0 unspecified atom stereocenters. The van der Waals surface area contributed by atoms with E-state index < -0.39 is 0 Å². The van der Waals surface area contributed by atoms with Gasteiger partial charge in [0, 0.05) is 38.6 Å². The van der Waals surface area contributed by atoms with Crippen molar-refractivity contribution in [1.29, 1.82) is 0 Å². The van der Waals surface area contributed by atoms with E-state index in [1.54, 1.807) is 30.4 Å². The molecule has 23 heavy (non-hydrogen) atoms. The molecule has 6 heteroatoms. The molecule has 0 fully saturated rings. The lowest BCUT2D eigenvalue weighted by Crippen LogP contribution is -2.29. The molecule has 2 aromatic heterocycles. The Bertz CT molecular complexity index is 617. The van der Waals surface area contributed by atoms with Gasteiger partial charge in [-0.15, -0.1) is 0 Å². The van der Waals surface area contributed by atoms with Crippen molar-refractivity contribution in [2.45, 2.75) is 26.2 Å². The van der Waals surface area contributed by atoms with Gasteiger partial charge < -0.3 is 10.2 Å². The first-order valence-corrected chi connectivity index (χ1v) is 7.91. The molecule has 0 atom stereocenters. The van der Waals surface area contributed by atoms with Crippen LogP contribution in [0.25, 0.3) is 0 Å². The molecular weight excluding hydrogens is 290 g/mol. The van der Waals surface area contributed by atoms with Crippen LogP contribution >= 0.6 is 0 Å². The first kappa shape index (κ1) is 16.9. The van der Waals surface area contributed by atoms with Gasteiger partial charge in [-0.05, 0) is 30.5 Å². The van der Waals surface area contributed by atoms with Gasteiger partial charge in [0.1, 0.15) is 17.8 Å². The summed E-state index contributed by atoms with van der Waals surface area (Å²) in [6.07, 6.45) is 7.92. The Hall–Kier alpha value is -2.50. The zero-order chi connectivity index (χ0) is 16.5. The van der Waals surface area contributed by atoms with Crippen LogP contribution in [0.2, 0.25) is 0 Å². The summed E-state index contributed by atoms with van der Waals surface area (Å²) >= 11 is 0. The highest BCUT2D eigenvalue weighted by molar-refractivity contribution is 5.92. The zero-order valence-electron chi connectivity index (χ0n) is 13.7. The van der Waals surface area contributed by atoms with Gasteiger partial charge in [-0.2, -0.15) is 0 Å². The van der Waals surface area contributed by atoms with Gasteiger partial charge in [0.15, 0.2) is 0 Å². The lowest BCUT2D eigenvalue weighted by molar-refractivity contribution is 0.0790. The van der Waals surface area contributed by atoms with E-state index in [2.05, 4.69) is 27.2 Å². The second-order valence-electron chi connectivity index (χ2n) is 5.40. The summed E-state index contributed by atoms with van der Waals surface area (Å²) in [5.74, 6) is 0.597. The Morgan fingerprint density at radius 2 is 2.04 bits per heavy atom. The summed E-state index contributed by atoms with van der Waals surface area (Å²) in [5, 5.41) is 3.21. The Morgan fingerprint density at radius 1 is 1.26 bits per heavy atom. The van der Waals surface area contributed by atoms with Crippen LogP contribution < -0.4 is 5.32 Å². The second-order valence-corrected chi connectivity index (χ2v) is 5.40. The number of nitrogens with zero attached hydrogens (tertiary/aromatic N) is 4. The van der Waals surface area contributed by atoms with Crippen LogP contribution in [0, 0.1) is 0 Å². The van der Waals surface area contributed by atoms with Gasteiger partial charge in [-0.3, -0.25) is 9.78 Å². The minimum absolute atomic E-state index is 0.0972. The van der Waals surface area contributed by atoms with Crippen LogP contribution in [0.1, 0.15) is 35.8 Å². The van der Waals surface area contributed by atoms with Crippen LogP contribution in [0.4, 0.5) is 5.82 Å². The topological polar surface area (TPSA) is 71.0 Å². The number of nitrogens with one attached hydrogen (secondary N) is 1. The van der Waals surface area contributed by atoms with E-state index in [9.17, 15) is 4.79 Å². The van der Waals surface area contributed by atoms with Gasteiger partial charge in [0.25, 0.3) is 5.91 Å². The number of hydrogen-bond acceptors (Lipinski definition) is 5. The maximum absolute atomic E-state index is 12.4. The van der Waals surface area contributed by atoms with E-state index in [0.29, 0.717) is 18.1 Å². The van der Waals surface area contributed by atoms with Gasteiger partial charge in [0.2, 0.25) is 0 Å². The fraction of sp³-hybridized carbons (Fsp3) is 0.412. The predicted octanol–water partition coefficient (Wildman–Crippen LogP) is 2.40. The Labute approximate surface area is 137 Å². The number of likely N-dealkylation sites (N-methyl/N-ethyl adjacent to an activating group) is 1. The molecule has 0 aliphatic carbocycles. The van der Waals surface area contributed by atoms with Crippen molar-refractivity contribution >= 4 is 11.7 Å². The lowest BCUT2D eigenvalue weighted by Gasteiger charge is -2.17. The number of carbonyl (C=O) groups excluding carboxylic acids is 1. The highest BCUT2D eigenvalue weighted by atomic mass is 16.2. The number of unbranched alkanes of at least 4 members (excludes halogenated alkanes) is 1. The van der Waals surface area contributed by atoms with E-state index in [4.69, 9.17) is 0 Å². The van der Waals surface area contributed by atoms with Crippen molar-refractivity contribution in [3.8, 4) is 0 Å². The molecule has 2 heterocycles. The number of carbonyl (C=O) groups is 1. The molecule has 2 rings (SSSR count). The third-order valence-corrected chi connectivity index (χ3v) is 3.55.